The van der Waals surface area contributed by atoms with Crippen molar-refractivity contribution in [2.75, 3.05) is 0 Å². The highest BCUT2D eigenvalue weighted by Crippen LogP contribution is 2.37. The van der Waals surface area contributed by atoms with E-state index in [4.69, 9.17) is 9.97 Å². The number of nitrogens with zero attached hydrogens (tertiary/aromatic N) is 2. The Kier molecular flexibility index (Phi) is 3.49. The molecule has 0 saturated carbocycles. The molecule has 19 heavy (non-hydrogen) atoms. The van der Waals surface area contributed by atoms with Crippen LogP contribution in [0.15, 0.2) is 0 Å². The highest BCUT2D eigenvalue weighted by Gasteiger charge is 2.30. The average Bonchev–Trinajstić information content (AvgIpc) is 2.25. The van der Waals surface area contributed by atoms with Gasteiger partial charge in [-0.05, 0) is 30.7 Å². The van der Waals surface area contributed by atoms with E-state index in [1.54, 1.807) is 0 Å². The van der Waals surface area contributed by atoms with E-state index in [0.29, 0.717) is 5.92 Å². The fourth-order valence-electron chi connectivity index (χ4n) is 2.83. The van der Waals surface area contributed by atoms with Crippen molar-refractivity contribution in [3.8, 4) is 0 Å². The minimum Gasteiger partial charge on any atom is -0.237 e. The van der Waals surface area contributed by atoms with E-state index in [9.17, 15) is 0 Å². The predicted octanol–water partition coefficient (Wildman–Crippen LogP) is 4.51. The fraction of sp³-hybridized carbons (Fsp3) is 0.765. The molecule has 2 nitrogen and oxygen atoms in total. The maximum atomic E-state index is 4.95. The Morgan fingerprint density at radius 2 is 1.58 bits per heavy atom. The van der Waals surface area contributed by atoms with Crippen molar-refractivity contribution >= 4 is 0 Å². The predicted molar refractivity (Wildman–Crippen MR) is 80.8 cm³/mol. The Bertz CT molecular complexity index is 475. The van der Waals surface area contributed by atoms with Gasteiger partial charge in [-0.1, -0.05) is 48.5 Å². The Morgan fingerprint density at radius 3 is 2.11 bits per heavy atom. The van der Waals surface area contributed by atoms with Gasteiger partial charge in [0.05, 0.1) is 11.4 Å². The second kappa shape index (κ2) is 4.57. The molecule has 1 unspecified atom stereocenters. The molecule has 0 bridgehead atoms. The maximum absolute atomic E-state index is 4.95. The van der Waals surface area contributed by atoms with Crippen LogP contribution in [0.3, 0.4) is 0 Å². The normalized spacial score (nSPS) is 20.3. The summed E-state index contributed by atoms with van der Waals surface area (Å²) in [7, 11) is 0. The van der Waals surface area contributed by atoms with E-state index in [1.807, 2.05) is 0 Å². The molecule has 0 saturated heterocycles. The number of rotatable bonds is 0. The lowest BCUT2D eigenvalue weighted by Gasteiger charge is -2.31. The zero-order chi connectivity index (χ0) is 14.4. The summed E-state index contributed by atoms with van der Waals surface area (Å²) in [5, 5.41) is 0. The zero-order valence-corrected chi connectivity index (χ0v) is 13.6. The molecule has 0 spiro atoms. The molecule has 0 aromatic carbocycles. The topological polar surface area (TPSA) is 25.8 Å². The molecular formula is C17H28N2. The van der Waals surface area contributed by atoms with E-state index in [0.717, 1.165) is 12.2 Å². The van der Waals surface area contributed by atoms with E-state index in [-0.39, 0.29) is 10.8 Å². The van der Waals surface area contributed by atoms with Gasteiger partial charge in [0.2, 0.25) is 0 Å². The summed E-state index contributed by atoms with van der Waals surface area (Å²) in [6.07, 6.45) is 3.68. The van der Waals surface area contributed by atoms with Crippen molar-refractivity contribution in [2.24, 2.45) is 0 Å². The Morgan fingerprint density at radius 1 is 0.947 bits per heavy atom. The first-order valence-electron chi connectivity index (χ1n) is 7.52. The summed E-state index contributed by atoms with van der Waals surface area (Å²) in [4.78, 5) is 9.88. The van der Waals surface area contributed by atoms with Crippen LogP contribution in [-0.2, 0) is 17.3 Å². The molecule has 2 heteroatoms. The number of fused-ring (bicyclic) bond motifs is 1. The summed E-state index contributed by atoms with van der Waals surface area (Å²) in [5.74, 6) is 1.58. The van der Waals surface area contributed by atoms with Gasteiger partial charge in [0.25, 0.3) is 0 Å². The zero-order valence-electron chi connectivity index (χ0n) is 13.6. The first-order chi connectivity index (χ1) is 8.60. The first-order valence-corrected chi connectivity index (χ1v) is 7.52. The molecule has 1 aliphatic rings. The number of hydrogen-bond acceptors (Lipinski definition) is 2. The summed E-state index contributed by atoms with van der Waals surface area (Å²) < 4.78 is 0. The molecule has 1 aromatic rings. The number of hydrogen-bond donors (Lipinski definition) is 0. The summed E-state index contributed by atoms with van der Waals surface area (Å²) in [5.41, 5.74) is 4.14. The van der Waals surface area contributed by atoms with Crippen LogP contribution in [0.1, 0.15) is 90.0 Å². The summed E-state index contributed by atoms with van der Waals surface area (Å²) >= 11 is 0. The van der Waals surface area contributed by atoms with Gasteiger partial charge in [-0.2, -0.15) is 0 Å². The number of aromatic nitrogens is 2. The molecule has 2 rings (SSSR count). The van der Waals surface area contributed by atoms with Crippen LogP contribution < -0.4 is 0 Å². The van der Waals surface area contributed by atoms with E-state index in [2.05, 4.69) is 48.5 Å². The van der Waals surface area contributed by atoms with Crippen LogP contribution >= 0.6 is 0 Å². The molecule has 1 aromatic heterocycles. The van der Waals surface area contributed by atoms with Crippen molar-refractivity contribution in [3.63, 3.8) is 0 Å². The highest BCUT2D eigenvalue weighted by atomic mass is 14.9. The standard InChI is InChI=1S/C17H28N2/c1-11-9-8-10-12-13(11)18-15(17(5,6)7)19-14(12)16(2,3)4/h11H,8-10H2,1-7H3. The van der Waals surface area contributed by atoms with Crippen molar-refractivity contribution in [1.29, 1.82) is 0 Å². The minimum atomic E-state index is 0.0200. The molecule has 0 aliphatic heterocycles. The van der Waals surface area contributed by atoms with Gasteiger partial charge in [-0.15, -0.1) is 0 Å². The molecule has 0 fully saturated rings. The van der Waals surface area contributed by atoms with Crippen molar-refractivity contribution < 1.29 is 0 Å². The van der Waals surface area contributed by atoms with Crippen LogP contribution in [0.5, 0.6) is 0 Å². The average molecular weight is 260 g/mol. The summed E-state index contributed by atoms with van der Waals surface area (Å²) in [6.45, 7) is 15.7. The SMILES string of the molecule is CC1CCCc2c1nc(C(C)(C)C)nc2C(C)(C)C. The van der Waals surface area contributed by atoms with Gasteiger partial charge < -0.3 is 0 Å². The van der Waals surface area contributed by atoms with Crippen molar-refractivity contribution in [1.82, 2.24) is 9.97 Å². The van der Waals surface area contributed by atoms with Gasteiger partial charge in [0, 0.05) is 10.8 Å². The second-order valence-corrected chi connectivity index (χ2v) is 8.05. The van der Waals surface area contributed by atoms with Crippen LogP contribution in [-0.4, -0.2) is 9.97 Å². The third-order valence-electron chi connectivity index (χ3n) is 3.95. The molecule has 0 amide bonds. The second-order valence-electron chi connectivity index (χ2n) is 8.05. The minimum absolute atomic E-state index is 0.0200. The lowest BCUT2D eigenvalue weighted by Crippen LogP contribution is -2.27. The molecule has 1 atom stereocenters. The first kappa shape index (κ1) is 14.5. The lowest BCUT2D eigenvalue weighted by molar-refractivity contribution is 0.477. The Balaban J connectivity index is 2.68. The monoisotopic (exact) mass is 260 g/mol. The molecule has 106 valence electrons. The smallest absolute Gasteiger partial charge is 0.134 e. The molecule has 1 heterocycles. The Labute approximate surface area is 118 Å². The third-order valence-corrected chi connectivity index (χ3v) is 3.95. The van der Waals surface area contributed by atoms with Gasteiger partial charge in [0.15, 0.2) is 0 Å². The van der Waals surface area contributed by atoms with E-state index in [1.165, 1.54) is 29.8 Å². The fourth-order valence-corrected chi connectivity index (χ4v) is 2.83. The van der Waals surface area contributed by atoms with Crippen LogP contribution in [0.25, 0.3) is 0 Å². The van der Waals surface area contributed by atoms with Gasteiger partial charge in [0.1, 0.15) is 5.82 Å². The van der Waals surface area contributed by atoms with Crippen LogP contribution in [0.4, 0.5) is 0 Å². The molecule has 0 radical (unpaired) electrons. The third kappa shape index (κ3) is 2.82. The Hall–Kier alpha value is -0.920. The van der Waals surface area contributed by atoms with Crippen molar-refractivity contribution in [2.45, 2.75) is 84.5 Å². The van der Waals surface area contributed by atoms with Crippen molar-refractivity contribution in [3.05, 3.63) is 22.8 Å². The largest absolute Gasteiger partial charge is 0.237 e. The highest BCUT2D eigenvalue weighted by molar-refractivity contribution is 5.35. The van der Waals surface area contributed by atoms with Gasteiger partial charge in [-0.3, -0.25) is 0 Å². The molecular weight excluding hydrogens is 232 g/mol. The van der Waals surface area contributed by atoms with Gasteiger partial charge >= 0.3 is 0 Å². The van der Waals surface area contributed by atoms with E-state index >= 15 is 0 Å². The lowest BCUT2D eigenvalue weighted by atomic mass is 9.79. The molecule has 1 aliphatic carbocycles. The van der Waals surface area contributed by atoms with Crippen LogP contribution in [0, 0.1) is 0 Å². The quantitative estimate of drug-likeness (QED) is 0.686. The van der Waals surface area contributed by atoms with Gasteiger partial charge in [-0.25, -0.2) is 9.97 Å². The summed E-state index contributed by atoms with van der Waals surface area (Å²) in [6, 6.07) is 0. The molecule has 0 N–H and O–H groups in total. The van der Waals surface area contributed by atoms with E-state index < -0.39 is 0 Å². The van der Waals surface area contributed by atoms with Crippen LogP contribution in [0.2, 0.25) is 0 Å². The maximum Gasteiger partial charge on any atom is 0.134 e.